The van der Waals surface area contributed by atoms with E-state index in [-0.39, 0.29) is 23.9 Å². The minimum Gasteiger partial charge on any atom is -0.381 e. The minimum atomic E-state index is -0.298. The van der Waals surface area contributed by atoms with E-state index in [4.69, 9.17) is 4.74 Å². The molecule has 0 aromatic rings. The Morgan fingerprint density at radius 2 is 2.05 bits per heavy atom. The first-order valence-electron chi connectivity index (χ1n) is 8.25. The van der Waals surface area contributed by atoms with Crippen molar-refractivity contribution in [2.75, 3.05) is 19.8 Å². The van der Waals surface area contributed by atoms with Crippen molar-refractivity contribution in [1.82, 2.24) is 10.2 Å². The summed E-state index contributed by atoms with van der Waals surface area (Å²) < 4.78 is 5.43. The standard InChI is InChI=1S/C16H26N2O3/c1-10(2)7-13-15(19)17-14(12-3-4-12)16(20)18(13)8-11-5-6-21-9-11/h10-14H,3-9H2,1-2H3,(H,17,19). The van der Waals surface area contributed by atoms with Gasteiger partial charge in [0, 0.05) is 19.1 Å². The lowest BCUT2D eigenvalue weighted by Crippen LogP contribution is -2.64. The topological polar surface area (TPSA) is 58.6 Å². The van der Waals surface area contributed by atoms with Crippen molar-refractivity contribution in [3.63, 3.8) is 0 Å². The van der Waals surface area contributed by atoms with Crippen LogP contribution in [0.1, 0.15) is 39.5 Å². The Morgan fingerprint density at radius 1 is 1.29 bits per heavy atom. The van der Waals surface area contributed by atoms with Gasteiger partial charge in [0.2, 0.25) is 11.8 Å². The molecule has 0 aromatic heterocycles. The normalized spacial score (nSPS) is 33.7. The number of amides is 2. The fourth-order valence-corrected chi connectivity index (χ4v) is 3.44. The number of carbonyl (C=O) groups is 2. The van der Waals surface area contributed by atoms with Crippen LogP contribution in [0.4, 0.5) is 0 Å². The lowest BCUT2D eigenvalue weighted by molar-refractivity contribution is -0.151. The van der Waals surface area contributed by atoms with Gasteiger partial charge in [0.1, 0.15) is 12.1 Å². The Hall–Kier alpha value is -1.10. The Labute approximate surface area is 126 Å². The molecule has 0 aromatic carbocycles. The third-order valence-corrected chi connectivity index (χ3v) is 4.79. The van der Waals surface area contributed by atoms with Crippen molar-refractivity contribution in [3.8, 4) is 0 Å². The average molecular weight is 294 g/mol. The van der Waals surface area contributed by atoms with Crippen molar-refractivity contribution >= 4 is 11.8 Å². The van der Waals surface area contributed by atoms with E-state index in [0.717, 1.165) is 32.3 Å². The van der Waals surface area contributed by atoms with Gasteiger partial charge in [-0.15, -0.1) is 0 Å². The first-order chi connectivity index (χ1) is 10.1. The summed E-state index contributed by atoms with van der Waals surface area (Å²) in [5.41, 5.74) is 0. The SMILES string of the molecule is CC(C)CC1C(=O)NC(C2CC2)C(=O)N1CC1CCOC1. The number of nitrogens with zero attached hydrogens (tertiary/aromatic N) is 1. The van der Waals surface area contributed by atoms with E-state index in [1.807, 2.05) is 4.90 Å². The highest BCUT2D eigenvalue weighted by atomic mass is 16.5. The van der Waals surface area contributed by atoms with Crippen molar-refractivity contribution in [3.05, 3.63) is 0 Å². The summed E-state index contributed by atoms with van der Waals surface area (Å²) in [6.45, 7) is 6.36. The van der Waals surface area contributed by atoms with E-state index < -0.39 is 0 Å². The van der Waals surface area contributed by atoms with Crippen LogP contribution in [0.2, 0.25) is 0 Å². The van der Waals surface area contributed by atoms with E-state index in [0.29, 0.717) is 30.9 Å². The Kier molecular flexibility index (Phi) is 4.20. The molecular formula is C16H26N2O3. The Balaban J connectivity index is 1.75. The number of piperazine rings is 1. The summed E-state index contributed by atoms with van der Waals surface area (Å²) in [4.78, 5) is 27.1. The van der Waals surface area contributed by atoms with Gasteiger partial charge in [0.15, 0.2) is 0 Å². The van der Waals surface area contributed by atoms with Crippen molar-refractivity contribution in [1.29, 1.82) is 0 Å². The largest absolute Gasteiger partial charge is 0.381 e. The number of rotatable bonds is 5. The van der Waals surface area contributed by atoms with Crippen LogP contribution in [0.15, 0.2) is 0 Å². The van der Waals surface area contributed by atoms with E-state index >= 15 is 0 Å². The average Bonchev–Trinajstić information content (AvgIpc) is 3.14. The van der Waals surface area contributed by atoms with Crippen molar-refractivity contribution in [2.45, 2.75) is 51.6 Å². The first-order valence-corrected chi connectivity index (χ1v) is 8.25. The maximum Gasteiger partial charge on any atom is 0.246 e. The summed E-state index contributed by atoms with van der Waals surface area (Å²) in [5, 5.41) is 2.98. The highest BCUT2D eigenvalue weighted by Gasteiger charge is 2.47. The molecular weight excluding hydrogens is 268 g/mol. The number of hydrogen-bond acceptors (Lipinski definition) is 3. The molecule has 3 aliphatic rings. The molecule has 5 heteroatoms. The third-order valence-electron chi connectivity index (χ3n) is 4.79. The van der Waals surface area contributed by atoms with Crippen molar-refractivity contribution < 1.29 is 14.3 Å². The van der Waals surface area contributed by atoms with Gasteiger partial charge in [-0.05, 0) is 37.5 Å². The van der Waals surface area contributed by atoms with E-state index in [2.05, 4.69) is 19.2 Å². The maximum atomic E-state index is 12.8. The number of carbonyl (C=O) groups excluding carboxylic acids is 2. The molecule has 1 aliphatic carbocycles. The number of ether oxygens (including phenoxy) is 1. The lowest BCUT2D eigenvalue weighted by Gasteiger charge is -2.41. The molecule has 21 heavy (non-hydrogen) atoms. The second-order valence-electron chi connectivity index (χ2n) is 7.19. The van der Waals surface area contributed by atoms with Crippen LogP contribution in [0.25, 0.3) is 0 Å². The van der Waals surface area contributed by atoms with Gasteiger partial charge in [-0.25, -0.2) is 0 Å². The first kappa shape index (κ1) is 14.8. The van der Waals surface area contributed by atoms with Gasteiger partial charge in [0.25, 0.3) is 0 Å². The number of hydrogen-bond donors (Lipinski definition) is 1. The fourth-order valence-electron chi connectivity index (χ4n) is 3.44. The zero-order chi connectivity index (χ0) is 15.0. The van der Waals surface area contributed by atoms with Crippen LogP contribution in [0.5, 0.6) is 0 Å². The Bertz CT molecular complexity index is 414. The quantitative estimate of drug-likeness (QED) is 0.828. The molecule has 2 amide bonds. The zero-order valence-electron chi connectivity index (χ0n) is 13.0. The van der Waals surface area contributed by atoms with Crippen LogP contribution < -0.4 is 5.32 Å². The van der Waals surface area contributed by atoms with Gasteiger partial charge in [-0.2, -0.15) is 0 Å². The second-order valence-corrected chi connectivity index (χ2v) is 7.19. The molecule has 2 heterocycles. The van der Waals surface area contributed by atoms with E-state index in [1.54, 1.807) is 0 Å². The molecule has 3 atom stereocenters. The predicted molar refractivity (Wildman–Crippen MR) is 78.5 cm³/mol. The van der Waals surface area contributed by atoms with Gasteiger partial charge in [-0.1, -0.05) is 13.8 Å². The summed E-state index contributed by atoms with van der Waals surface area (Å²) in [6.07, 6.45) is 3.86. The van der Waals surface area contributed by atoms with Crippen LogP contribution >= 0.6 is 0 Å². The van der Waals surface area contributed by atoms with Gasteiger partial charge < -0.3 is 15.0 Å². The molecule has 0 radical (unpaired) electrons. The third kappa shape index (κ3) is 3.23. The fraction of sp³-hybridized carbons (Fsp3) is 0.875. The molecule has 3 rings (SSSR count). The molecule has 0 bridgehead atoms. The molecule has 1 N–H and O–H groups in total. The second kappa shape index (κ2) is 5.95. The highest BCUT2D eigenvalue weighted by molar-refractivity contribution is 5.97. The monoisotopic (exact) mass is 294 g/mol. The summed E-state index contributed by atoms with van der Waals surface area (Å²) in [6, 6.07) is -0.573. The minimum absolute atomic E-state index is 0.0408. The van der Waals surface area contributed by atoms with E-state index in [9.17, 15) is 9.59 Å². The van der Waals surface area contributed by atoms with E-state index in [1.165, 1.54) is 0 Å². The molecule has 3 fully saturated rings. The summed E-state index contributed by atoms with van der Waals surface area (Å²) in [7, 11) is 0. The smallest absolute Gasteiger partial charge is 0.246 e. The molecule has 5 nitrogen and oxygen atoms in total. The van der Waals surface area contributed by atoms with Gasteiger partial charge in [0.05, 0.1) is 6.61 Å². The Morgan fingerprint density at radius 3 is 2.62 bits per heavy atom. The van der Waals surface area contributed by atoms with Crippen molar-refractivity contribution in [2.24, 2.45) is 17.8 Å². The molecule has 118 valence electrons. The molecule has 1 saturated carbocycles. The van der Waals surface area contributed by atoms with Crippen LogP contribution in [-0.4, -0.2) is 48.6 Å². The van der Waals surface area contributed by atoms with Gasteiger partial charge >= 0.3 is 0 Å². The maximum absolute atomic E-state index is 12.8. The van der Waals surface area contributed by atoms with Crippen LogP contribution in [-0.2, 0) is 14.3 Å². The number of nitrogens with one attached hydrogen (secondary N) is 1. The lowest BCUT2D eigenvalue weighted by atomic mass is 9.95. The molecule has 0 spiro atoms. The molecule has 2 aliphatic heterocycles. The molecule has 3 unspecified atom stereocenters. The zero-order valence-corrected chi connectivity index (χ0v) is 13.0. The summed E-state index contributed by atoms with van der Waals surface area (Å²) in [5.74, 6) is 1.32. The predicted octanol–water partition coefficient (Wildman–Crippen LogP) is 1.17. The van der Waals surface area contributed by atoms with Crippen LogP contribution in [0, 0.1) is 17.8 Å². The highest BCUT2D eigenvalue weighted by Crippen LogP contribution is 2.36. The molecule has 2 saturated heterocycles. The van der Waals surface area contributed by atoms with Gasteiger partial charge in [-0.3, -0.25) is 9.59 Å². The summed E-state index contributed by atoms with van der Waals surface area (Å²) >= 11 is 0. The van der Waals surface area contributed by atoms with Crippen LogP contribution in [0.3, 0.4) is 0 Å².